The minimum Gasteiger partial charge on any atom is -0.368 e. The van der Waals surface area contributed by atoms with Gasteiger partial charge in [-0.25, -0.2) is 9.97 Å². The van der Waals surface area contributed by atoms with Gasteiger partial charge in [0.1, 0.15) is 0 Å². The lowest BCUT2D eigenvalue weighted by atomic mass is 10.0. The molecule has 0 bridgehead atoms. The molecule has 2 aromatic heterocycles. The third-order valence-corrected chi connectivity index (χ3v) is 4.59. The fraction of sp³-hybridized carbons (Fsp3) is 0.150. The van der Waals surface area contributed by atoms with Crippen molar-refractivity contribution in [3.8, 4) is 11.4 Å². The third-order valence-electron chi connectivity index (χ3n) is 4.59. The maximum atomic E-state index is 12.6. The number of hydrogen-bond donors (Lipinski definition) is 2. The monoisotopic (exact) mass is 345 g/mol. The average Bonchev–Trinajstić information content (AvgIpc) is 2.94. The van der Waals surface area contributed by atoms with Crippen LogP contribution in [0.4, 0.5) is 5.95 Å². The topological polar surface area (TPSA) is 85.8 Å². The second-order valence-corrected chi connectivity index (χ2v) is 6.19. The number of carbonyl (C=O) groups is 1. The summed E-state index contributed by atoms with van der Waals surface area (Å²) in [5.74, 6) is 0.159. The van der Waals surface area contributed by atoms with Crippen molar-refractivity contribution in [2.45, 2.75) is 6.42 Å². The first-order chi connectivity index (χ1) is 12.6. The number of fused-ring (bicyclic) bond motifs is 1. The van der Waals surface area contributed by atoms with Crippen molar-refractivity contribution >= 4 is 24.0 Å². The van der Waals surface area contributed by atoms with Crippen molar-refractivity contribution in [2.24, 2.45) is 7.05 Å². The van der Waals surface area contributed by atoms with Crippen LogP contribution in [-0.4, -0.2) is 27.0 Å². The number of nitrogens with two attached hydrogens (primary N) is 1. The molecular weight excluding hydrogens is 326 g/mol. The normalized spacial score (nSPS) is 13.7. The lowest BCUT2D eigenvalue weighted by Gasteiger charge is -2.14. The number of nitrogens with zero attached hydrogens (tertiary/aromatic N) is 3. The van der Waals surface area contributed by atoms with E-state index in [4.69, 9.17) is 5.73 Å². The van der Waals surface area contributed by atoms with Gasteiger partial charge in [0.2, 0.25) is 5.95 Å². The largest absolute Gasteiger partial charge is 0.368 e. The van der Waals surface area contributed by atoms with E-state index in [1.54, 1.807) is 6.20 Å². The van der Waals surface area contributed by atoms with Crippen molar-refractivity contribution < 1.29 is 4.79 Å². The zero-order valence-electron chi connectivity index (χ0n) is 14.4. The molecule has 1 aromatic carbocycles. The molecule has 130 valence electrons. The lowest BCUT2D eigenvalue weighted by molar-refractivity contribution is 0.0945. The molecule has 1 amide bonds. The van der Waals surface area contributed by atoms with Gasteiger partial charge in [-0.2, -0.15) is 0 Å². The summed E-state index contributed by atoms with van der Waals surface area (Å²) < 4.78 is 2.04. The van der Waals surface area contributed by atoms with Gasteiger partial charge in [-0.1, -0.05) is 42.5 Å². The molecule has 4 rings (SSSR count). The first kappa shape index (κ1) is 16.1. The Bertz CT molecular complexity index is 1000. The Hall–Kier alpha value is -3.41. The smallest absolute Gasteiger partial charge is 0.253 e. The van der Waals surface area contributed by atoms with Gasteiger partial charge in [0.05, 0.1) is 17.0 Å². The van der Waals surface area contributed by atoms with E-state index in [-0.39, 0.29) is 11.9 Å². The van der Waals surface area contributed by atoms with E-state index in [1.165, 1.54) is 0 Å². The number of rotatable bonds is 3. The molecular formula is C20H19N5O. The van der Waals surface area contributed by atoms with E-state index in [2.05, 4.69) is 15.3 Å². The van der Waals surface area contributed by atoms with Gasteiger partial charge in [-0.15, -0.1) is 0 Å². The molecule has 3 aromatic rings. The number of benzene rings is 1. The Morgan fingerprint density at radius 3 is 2.77 bits per heavy atom. The summed E-state index contributed by atoms with van der Waals surface area (Å²) in [6, 6.07) is 11.8. The van der Waals surface area contributed by atoms with Crippen molar-refractivity contribution in [3.05, 3.63) is 65.0 Å². The first-order valence-electron chi connectivity index (χ1n) is 8.47. The predicted octanol–water partition coefficient (Wildman–Crippen LogP) is 2.52. The van der Waals surface area contributed by atoms with Crippen LogP contribution in [0.3, 0.4) is 0 Å². The first-order valence-corrected chi connectivity index (χ1v) is 8.47. The minimum absolute atomic E-state index is 0.0529. The number of nitrogens with one attached hydrogen (secondary N) is 1. The second kappa shape index (κ2) is 6.48. The number of carbonyl (C=O) groups excluding carboxylic acids is 1. The molecule has 6 heteroatoms. The highest BCUT2D eigenvalue weighted by molar-refractivity contribution is 6.03. The number of hydrogen-bond acceptors (Lipinski definition) is 4. The van der Waals surface area contributed by atoms with Gasteiger partial charge < -0.3 is 15.6 Å². The Balaban J connectivity index is 1.93. The zero-order valence-corrected chi connectivity index (χ0v) is 14.4. The molecule has 0 saturated heterocycles. The summed E-state index contributed by atoms with van der Waals surface area (Å²) in [7, 11) is 1.96. The highest BCUT2D eigenvalue weighted by atomic mass is 16.1. The zero-order chi connectivity index (χ0) is 18.1. The average molecular weight is 345 g/mol. The van der Waals surface area contributed by atoms with Crippen LogP contribution >= 0.6 is 0 Å². The molecule has 26 heavy (non-hydrogen) atoms. The molecule has 3 N–H and O–H groups in total. The number of amides is 1. The molecule has 6 nitrogen and oxygen atoms in total. The van der Waals surface area contributed by atoms with Gasteiger partial charge in [0.25, 0.3) is 5.91 Å². The van der Waals surface area contributed by atoms with Crippen molar-refractivity contribution in [1.29, 1.82) is 0 Å². The molecule has 0 fully saturated rings. The summed E-state index contributed by atoms with van der Waals surface area (Å²) in [6.45, 7) is 0.636. The standard InChI is InChI=1S/C20H19N5O/c1-25-16-10-12-22-19(26)17(16)14(8-7-13-5-3-2-4-6-13)18(25)15-9-11-23-20(21)24-15/h2-9,11H,10,12H2,1H3,(H,22,26)(H2,21,23,24)/b8-7+. The van der Waals surface area contributed by atoms with Gasteiger partial charge in [0.15, 0.2) is 0 Å². The van der Waals surface area contributed by atoms with Crippen molar-refractivity contribution in [2.75, 3.05) is 12.3 Å². The van der Waals surface area contributed by atoms with Gasteiger partial charge in [-0.05, 0) is 11.6 Å². The SMILES string of the molecule is Cn1c2c(c(/C=C/c3ccccc3)c1-c1ccnc(N)n1)C(=O)NCC2. The Morgan fingerprint density at radius 2 is 2.00 bits per heavy atom. The molecule has 1 aliphatic heterocycles. The number of anilines is 1. The van der Waals surface area contributed by atoms with Crippen LogP contribution in [0.25, 0.3) is 23.5 Å². The third kappa shape index (κ3) is 2.75. The predicted molar refractivity (Wildman–Crippen MR) is 102 cm³/mol. The summed E-state index contributed by atoms with van der Waals surface area (Å²) in [5, 5.41) is 2.94. The van der Waals surface area contributed by atoms with Crippen LogP contribution in [0.2, 0.25) is 0 Å². The fourth-order valence-electron chi connectivity index (χ4n) is 3.41. The quantitative estimate of drug-likeness (QED) is 0.764. The van der Waals surface area contributed by atoms with Crippen molar-refractivity contribution in [3.63, 3.8) is 0 Å². The van der Waals surface area contributed by atoms with Gasteiger partial charge in [-0.3, -0.25) is 4.79 Å². The van der Waals surface area contributed by atoms with E-state index in [1.807, 2.05) is 60.2 Å². The van der Waals surface area contributed by atoms with Crippen LogP contribution in [-0.2, 0) is 13.5 Å². The number of aromatic nitrogens is 3. The van der Waals surface area contributed by atoms with E-state index >= 15 is 0 Å². The molecule has 1 aliphatic rings. The second-order valence-electron chi connectivity index (χ2n) is 6.19. The van der Waals surface area contributed by atoms with Crippen LogP contribution in [0.5, 0.6) is 0 Å². The van der Waals surface area contributed by atoms with Gasteiger partial charge in [0, 0.05) is 37.5 Å². The number of nitrogen functional groups attached to an aromatic ring is 1. The van der Waals surface area contributed by atoms with Crippen LogP contribution < -0.4 is 11.1 Å². The molecule has 0 unspecified atom stereocenters. The maximum Gasteiger partial charge on any atom is 0.253 e. The Morgan fingerprint density at radius 1 is 1.19 bits per heavy atom. The highest BCUT2D eigenvalue weighted by Gasteiger charge is 2.28. The highest BCUT2D eigenvalue weighted by Crippen LogP contribution is 2.33. The molecule has 0 aliphatic carbocycles. The fourth-order valence-corrected chi connectivity index (χ4v) is 3.41. The lowest BCUT2D eigenvalue weighted by Crippen LogP contribution is -2.32. The maximum absolute atomic E-state index is 12.6. The van der Waals surface area contributed by atoms with E-state index < -0.39 is 0 Å². The van der Waals surface area contributed by atoms with Crippen molar-refractivity contribution in [1.82, 2.24) is 19.9 Å². The molecule has 3 heterocycles. The van der Waals surface area contributed by atoms with Gasteiger partial charge >= 0.3 is 0 Å². The Labute approximate surface area is 151 Å². The summed E-state index contributed by atoms with van der Waals surface area (Å²) in [5.41, 5.74) is 11.0. The molecule has 0 radical (unpaired) electrons. The summed E-state index contributed by atoms with van der Waals surface area (Å²) in [4.78, 5) is 20.9. The van der Waals surface area contributed by atoms with Crippen LogP contribution in [0.1, 0.15) is 27.2 Å². The van der Waals surface area contributed by atoms with E-state index in [9.17, 15) is 4.79 Å². The molecule has 0 saturated carbocycles. The molecule has 0 atom stereocenters. The Kier molecular flexibility index (Phi) is 4.01. The summed E-state index contributed by atoms with van der Waals surface area (Å²) >= 11 is 0. The summed E-state index contributed by atoms with van der Waals surface area (Å²) in [6.07, 6.45) is 6.40. The molecule has 0 spiro atoms. The van der Waals surface area contributed by atoms with E-state index in [0.717, 1.165) is 28.9 Å². The van der Waals surface area contributed by atoms with Crippen LogP contribution in [0, 0.1) is 0 Å². The van der Waals surface area contributed by atoms with Crippen LogP contribution in [0.15, 0.2) is 42.6 Å². The minimum atomic E-state index is -0.0529. The van der Waals surface area contributed by atoms with E-state index in [0.29, 0.717) is 17.8 Å².